The lowest BCUT2D eigenvalue weighted by Crippen LogP contribution is -2.34. The normalized spacial score (nSPS) is 14.6. The van der Waals surface area contributed by atoms with Crippen molar-refractivity contribution in [3.8, 4) is 0 Å². The van der Waals surface area contributed by atoms with E-state index in [0.29, 0.717) is 18.4 Å². The molecular formula is C15H20BrNO. The standard InChI is InChI=1S/C15H20BrNO/c1-12-3-2-4-13(11-12)5-8-15(18)17(10-9-16)14-6-7-14/h2-4,11,14H,5-10H2,1H3. The zero-order chi connectivity index (χ0) is 13.0. The molecule has 0 N–H and O–H groups in total. The Balaban J connectivity index is 1.86. The molecule has 1 fully saturated rings. The van der Waals surface area contributed by atoms with Gasteiger partial charge in [0, 0.05) is 24.3 Å². The Labute approximate surface area is 117 Å². The molecule has 0 radical (unpaired) electrons. The van der Waals surface area contributed by atoms with Gasteiger partial charge in [0.15, 0.2) is 0 Å². The average Bonchev–Trinajstić information content (AvgIpc) is 3.17. The van der Waals surface area contributed by atoms with Crippen LogP contribution in [-0.2, 0) is 11.2 Å². The maximum atomic E-state index is 12.2. The second kappa shape index (κ2) is 6.37. The molecule has 1 amide bonds. The Morgan fingerprint density at radius 2 is 2.22 bits per heavy atom. The fourth-order valence-electron chi connectivity index (χ4n) is 2.25. The van der Waals surface area contributed by atoms with Gasteiger partial charge in [-0.15, -0.1) is 0 Å². The smallest absolute Gasteiger partial charge is 0.223 e. The van der Waals surface area contributed by atoms with Crippen LogP contribution in [0.5, 0.6) is 0 Å². The van der Waals surface area contributed by atoms with Crippen LogP contribution in [0.4, 0.5) is 0 Å². The summed E-state index contributed by atoms with van der Waals surface area (Å²) in [5.41, 5.74) is 2.53. The van der Waals surface area contributed by atoms with Crippen molar-refractivity contribution in [3.05, 3.63) is 35.4 Å². The van der Waals surface area contributed by atoms with Gasteiger partial charge in [0.25, 0.3) is 0 Å². The van der Waals surface area contributed by atoms with Gasteiger partial charge in [-0.25, -0.2) is 0 Å². The molecule has 0 heterocycles. The molecule has 0 saturated heterocycles. The van der Waals surface area contributed by atoms with Gasteiger partial charge < -0.3 is 4.90 Å². The molecule has 0 atom stereocenters. The van der Waals surface area contributed by atoms with Crippen LogP contribution in [-0.4, -0.2) is 28.7 Å². The van der Waals surface area contributed by atoms with Crippen molar-refractivity contribution in [3.63, 3.8) is 0 Å². The van der Waals surface area contributed by atoms with Crippen molar-refractivity contribution in [2.75, 3.05) is 11.9 Å². The van der Waals surface area contributed by atoms with Crippen LogP contribution in [0.2, 0.25) is 0 Å². The van der Waals surface area contributed by atoms with Gasteiger partial charge in [-0.3, -0.25) is 4.79 Å². The highest BCUT2D eigenvalue weighted by Crippen LogP contribution is 2.27. The Hall–Kier alpha value is -0.830. The molecule has 1 saturated carbocycles. The van der Waals surface area contributed by atoms with Crippen molar-refractivity contribution < 1.29 is 4.79 Å². The molecule has 0 bridgehead atoms. The summed E-state index contributed by atoms with van der Waals surface area (Å²) in [6.45, 7) is 2.93. The number of alkyl halides is 1. The summed E-state index contributed by atoms with van der Waals surface area (Å²) >= 11 is 3.43. The zero-order valence-electron chi connectivity index (χ0n) is 10.9. The monoisotopic (exact) mass is 309 g/mol. The first-order chi connectivity index (χ1) is 8.70. The molecule has 1 aliphatic carbocycles. The van der Waals surface area contributed by atoms with Crippen molar-refractivity contribution >= 4 is 21.8 Å². The summed E-state index contributed by atoms with van der Waals surface area (Å²) in [7, 11) is 0. The summed E-state index contributed by atoms with van der Waals surface area (Å²) in [5, 5.41) is 0.875. The highest BCUT2D eigenvalue weighted by molar-refractivity contribution is 9.09. The van der Waals surface area contributed by atoms with E-state index in [1.54, 1.807) is 0 Å². The number of amides is 1. The van der Waals surface area contributed by atoms with E-state index >= 15 is 0 Å². The molecule has 2 nitrogen and oxygen atoms in total. The number of halogens is 1. The lowest BCUT2D eigenvalue weighted by Gasteiger charge is -2.21. The molecule has 0 aromatic heterocycles. The Morgan fingerprint density at radius 1 is 1.44 bits per heavy atom. The maximum Gasteiger partial charge on any atom is 0.223 e. The molecule has 0 spiro atoms. The van der Waals surface area contributed by atoms with Crippen LogP contribution in [0, 0.1) is 6.92 Å². The molecule has 1 aliphatic rings. The quantitative estimate of drug-likeness (QED) is 0.738. The number of benzene rings is 1. The summed E-state index contributed by atoms with van der Waals surface area (Å²) in [6.07, 6.45) is 3.85. The first-order valence-electron chi connectivity index (χ1n) is 6.61. The highest BCUT2D eigenvalue weighted by atomic mass is 79.9. The van der Waals surface area contributed by atoms with E-state index in [4.69, 9.17) is 0 Å². The van der Waals surface area contributed by atoms with E-state index in [9.17, 15) is 4.79 Å². The molecule has 0 aliphatic heterocycles. The third kappa shape index (κ3) is 3.84. The maximum absolute atomic E-state index is 12.2. The molecular weight excluding hydrogens is 290 g/mol. The third-order valence-electron chi connectivity index (χ3n) is 3.34. The lowest BCUT2D eigenvalue weighted by atomic mass is 10.1. The number of aryl methyl sites for hydroxylation is 2. The largest absolute Gasteiger partial charge is 0.339 e. The van der Waals surface area contributed by atoms with Crippen LogP contribution in [0.15, 0.2) is 24.3 Å². The summed E-state index contributed by atoms with van der Waals surface area (Å²) in [6, 6.07) is 8.94. The fraction of sp³-hybridized carbons (Fsp3) is 0.533. The predicted octanol–water partition coefficient (Wildman–Crippen LogP) is 3.31. The topological polar surface area (TPSA) is 20.3 Å². The van der Waals surface area contributed by atoms with Crippen LogP contribution in [0.25, 0.3) is 0 Å². The number of hydrogen-bond acceptors (Lipinski definition) is 1. The Kier molecular flexibility index (Phi) is 4.81. The number of hydrogen-bond donors (Lipinski definition) is 0. The molecule has 2 rings (SSSR count). The lowest BCUT2D eigenvalue weighted by molar-refractivity contribution is -0.131. The Bertz CT molecular complexity index is 415. The fourth-order valence-corrected chi connectivity index (χ4v) is 2.63. The minimum atomic E-state index is 0.304. The SMILES string of the molecule is Cc1cccc(CCC(=O)N(CCBr)C2CC2)c1. The van der Waals surface area contributed by atoms with E-state index in [2.05, 4.69) is 47.1 Å². The molecule has 98 valence electrons. The second-order valence-electron chi connectivity index (χ2n) is 5.00. The van der Waals surface area contributed by atoms with E-state index in [1.165, 1.54) is 24.0 Å². The van der Waals surface area contributed by atoms with Gasteiger partial charge in [0.2, 0.25) is 5.91 Å². The summed E-state index contributed by atoms with van der Waals surface area (Å²) in [4.78, 5) is 14.2. The van der Waals surface area contributed by atoms with E-state index in [-0.39, 0.29) is 0 Å². The van der Waals surface area contributed by atoms with Gasteiger partial charge in [-0.2, -0.15) is 0 Å². The molecule has 18 heavy (non-hydrogen) atoms. The first kappa shape index (κ1) is 13.6. The van der Waals surface area contributed by atoms with E-state index < -0.39 is 0 Å². The average molecular weight is 310 g/mol. The molecule has 0 unspecified atom stereocenters. The molecule has 1 aromatic carbocycles. The van der Waals surface area contributed by atoms with Crippen LogP contribution in [0.1, 0.15) is 30.4 Å². The number of nitrogens with zero attached hydrogens (tertiary/aromatic N) is 1. The van der Waals surface area contributed by atoms with E-state index in [0.717, 1.165) is 18.3 Å². The second-order valence-corrected chi connectivity index (χ2v) is 5.79. The predicted molar refractivity (Wildman–Crippen MR) is 78.0 cm³/mol. The number of rotatable bonds is 6. The van der Waals surface area contributed by atoms with Crippen molar-refractivity contribution in [1.82, 2.24) is 4.90 Å². The summed E-state index contributed by atoms with van der Waals surface area (Å²) in [5.74, 6) is 0.304. The minimum Gasteiger partial charge on any atom is -0.339 e. The number of carbonyl (C=O) groups excluding carboxylic acids is 1. The van der Waals surface area contributed by atoms with Gasteiger partial charge in [-0.05, 0) is 31.7 Å². The third-order valence-corrected chi connectivity index (χ3v) is 3.70. The minimum absolute atomic E-state index is 0.304. The Morgan fingerprint density at radius 3 is 2.83 bits per heavy atom. The van der Waals surface area contributed by atoms with Gasteiger partial charge in [0.1, 0.15) is 0 Å². The van der Waals surface area contributed by atoms with E-state index in [1.807, 2.05) is 4.90 Å². The molecule has 3 heteroatoms. The van der Waals surface area contributed by atoms with Crippen LogP contribution < -0.4 is 0 Å². The van der Waals surface area contributed by atoms with Crippen molar-refractivity contribution in [2.24, 2.45) is 0 Å². The van der Waals surface area contributed by atoms with Crippen molar-refractivity contribution in [2.45, 2.75) is 38.6 Å². The van der Waals surface area contributed by atoms with Crippen molar-refractivity contribution in [1.29, 1.82) is 0 Å². The van der Waals surface area contributed by atoms with Gasteiger partial charge in [0.05, 0.1) is 0 Å². The van der Waals surface area contributed by atoms with Crippen LogP contribution in [0.3, 0.4) is 0 Å². The molecule has 1 aromatic rings. The number of carbonyl (C=O) groups is 1. The van der Waals surface area contributed by atoms with Crippen LogP contribution >= 0.6 is 15.9 Å². The summed E-state index contributed by atoms with van der Waals surface area (Å²) < 4.78 is 0. The first-order valence-corrected chi connectivity index (χ1v) is 7.74. The van der Waals surface area contributed by atoms with Gasteiger partial charge >= 0.3 is 0 Å². The highest BCUT2D eigenvalue weighted by Gasteiger charge is 2.31. The zero-order valence-corrected chi connectivity index (χ0v) is 12.4. The van der Waals surface area contributed by atoms with Gasteiger partial charge in [-0.1, -0.05) is 45.8 Å².